The Labute approximate surface area is 302 Å². The van der Waals surface area contributed by atoms with Crippen molar-refractivity contribution < 1.29 is 24.0 Å². The van der Waals surface area contributed by atoms with Gasteiger partial charge in [0.2, 0.25) is 29.5 Å². The Balaban J connectivity index is 6.10. The van der Waals surface area contributed by atoms with Gasteiger partial charge in [-0.3, -0.25) is 45.6 Å². The van der Waals surface area contributed by atoms with Crippen LogP contribution in [0.1, 0.15) is 58.3 Å². The fraction of sp³-hybridized carbons (Fsp3) is 0.679. The number of rotatable bonds is 26. The molecule has 22 nitrogen and oxygen atoms in total. The van der Waals surface area contributed by atoms with E-state index in [0.717, 1.165) is 0 Å². The third kappa shape index (κ3) is 22.2. The molecule has 5 atom stereocenters. The fourth-order valence-electron chi connectivity index (χ4n) is 4.49. The van der Waals surface area contributed by atoms with Gasteiger partial charge in [0.1, 0.15) is 24.2 Å². The van der Waals surface area contributed by atoms with Crippen molar-refractivity contribution >= 4 is 66.0 Å². The molecule has 23 heteroatoms. The highest BCUT2D eigenvalue weighted by molar-refractivity contribution is 7.80. The van der Waals surface area contributed by atoms with Gasteiger partial charge in [-0.2, -0.15) is 12.6 Å². The molecule has 22 N–H and O–H groups in total. The zero-order chi connectivity index (χ0) is 38.9. The summed E-state index contributed by atoms with van der Waals surface area (Å²) in [5.74, 6) is -5.08. The van der Waals surface area contributed by atoms with Crippen LogP contribution in [0.5, 0.6) is 0 Å². The minimum absolute atomic E-state index is 0.0325. The molecule has 0 aliphatic rings. The van der Waals surface area contributed by atoms with E-state index in [4.69, 9.17) is 50.3 Å². The number of primary amides is 1. The highest BCUT2D eigenvalue weighted by Crippen LogP contribution is 2.09. The Morgan fingerprint density at radius 2 is 0.765 bits per heavy atom. The van der Waals surface area contributed by atoms with Crippen molar-refractivity contribution in [2.24, 2.45) is 34.6 Å². The van der Waals surface area contributed by atoms with Crippen molar-refractivity contribution in [2.45, 2.75) is 82.5 Å². The van der Waals surface area contributed by atoms with Crippen LogP contribution in [0.2, 0.25) is 0 Å². The summed E-state index contributed by atoms with van der Waals surface area (Å²) in [6, 6.07) is -4.65. The lowest BCUT2D eigenvalue weighted by Gasteiger charge is -2.27. The number of nitrogens with two attached hydrogens (primary N) is 5. The first kappa shape index (κ1) is 45.8. The molecule has 290 valence electrons. The van der Waals surface area contributed by atoms with Gasteiger partial charge in [0.15, 0.2) is 23.8 Å². The molecular formula is C28H57N17O5S. The number of hydrogen-bond acceptors (Lipinski definition) is 10. The van der Waals surface area contributed by atoms with Crippen LogP contribution in [-0.4, -0.2) is 109 Å². The maximum absolute atomic E-state index is 13.7. The van der Waals surface area contributed by atoms with Crippen LogP contribution < -0.4 is 71.2 Å². The topological polar surface area (TPSA) is 407 Å². The summed E-state index contributed by atoms with van der Waals surface area (Å²) in [6.07, 6.45) is 1.99. The van der Waals surface area contributed by atoms with Gasteiger partial charge in [-0.15, -0.1) is 0 Å². The Bertz CT molecular complexity index is 1210. The van der Waals surface area contributed by atoms with Gasteiger partial charge in [0, 0.05) is 37.8 Å². The molecule has 0 bridgehead atoms. The predicted molar refractivity (Wildman–Crippen MR) is 197 cm³/mol. The van der Waals surface area contributed by atoms with Crippen molar-refractivity contribution in [3.05, 3.63) is 0 Å². The van der Waals surface area contributed by atoms with Gasteiger partial charge in [0.05, 0.1) is 0 Å². The molecule has 0 aliphatic carbocycles. The van der Waals surface area contributed by atoms with E-state index in [0.29, 0.717) is 25.8 Å². The molecule has 0 aliphatic heterocycles. The summed E-state index contributed by atoms with van der Waals surface area (Å²) in [5.41, 5.74) is 26.7. The van der Waals surface area contributed by atoms with Crippen LogP contribution in [-0.2, 0) is 24.0 Å². The number of guanidine groups is 4. The standard InChI is InChI=1S/C28H57N17O5S/c1-15(6-2-10-38-25(30)31)21(47)42-16(7-3-11-39-26(32)33)22(48)43-17(8-4-12-40-27(34)35)23(49)44-18(9-5-13-41-28(36)37)24(50)45-19(14-51)20(29)46/h15-19,51H,2-14H2,1H3,(H2,29,46)(H,42,47)(H,43,48)(H,44,49)(H,45,50)(H4,30,31,38)(H4,32,33,39)(H4,34,35,40)(H4,36,37,41)/t15-,16-,17-,18-,19-/m1/s1. The molecule has 0 rings (SSSR count). The van der Waals surface area contributed by atoms with Crippen LogP contribution in [0.4, 0.5) is 0 Å². The molecule has 0 aromatic heterocycles. The first-order valence-electron chi connectivity index (χ1n) is 16.4. The van der Waals surface area contributed by atoms with Crippen LogP contribution in [0.25, 0.3) is 0 Å². The van der Waals surface area contributed by atoms with Crippen molar-refractivity contribution in [1.82, 2.24) is 42.5 Å². The second kappa shape index (κ2) is 25.7. The van der Waals surface area contributed by atoms with Gasteiger partial charge in [-0.1, -0.05) is 6.92 Å². The number of amides is 5. The lowest BCUT2D eigenvalue weighted by molar-refractivity contribution is -0.135. The first-order chi connectivity index (χ1) is 24.0. The summed E-state index contributed by atoms with van der Waals surface area (Å²) in [7, 11) is 0. The van der Waals surface area contributed by atoms with Gasteiger partial charge in [-0.25, -0.2) is 0 Å². The van der Waals surface area contributed by atoms with Gasteiger partial charge < -0.3 is 71.2 Å². The maximum atomic E-state index is 13.7. The molecule has 0 saturated carbocycles. The fourth-order valence-corrected chi connectivity index (χ4v) is 4.77. The van der Waals surface area contributed by atoms with E-state index < -0.39 is 59.6 Å². The van der Waals surface area contributed by atoms with E-state index in [1.54, 1.807) is 6.92 Å². The zero-order valence-corrected chi connectivity index (χ0v) is 29.8. The largest absolute Gasteiger partial charge is 0.370 e. The Morgan fingerprint density at radius 3 is 1.04 bits per heavy atom. The lowest BCUT2D eigenvalue weighted by Crippen LogP contribution is -2.58. The molecule has 0 aromatic carbocycles. The minimum atomic E-state index is -1.22. The second-order valence-corrected chi connectivity index (χ2v) is 12.0. The minimum Gasteiger partial charge on any atom is -0.370 e. The lowest BCUT2D eigenvalue weighted by atomic mass is 10.0. The van der Waals surface area contributed by atoms with E-state index in [1.165, 1.54) is 0 Å². The van der Waals surface area contributed by atoms with Crippen LogP contribution in [0, 0.1) is 27.6 Å². The maximum Gasteiger partial charge on any atom is 0.243 e. The second-order valence-electron chi connectivity index (χ2n) is 11.7. The Morgan fingerprint density at radius 1 is 0.490 bits per heavy atom. The van der Waals surface area contributed by atoms with E-state index in [2.05, 4.69) is 55.2 Å². The summed E-state index contributed by atoms with van der Waals surface area (Å²) >= 11 is 4.04. The molecule has 5 amide bonds. The van der Waals surface area contributed by atoms with Crippen LogP contribution in [0.3, 0.4) is 0 Å². The van der Waals surface area contributed by atoms with E-state index in [1.807, 2.05) is 0 Å². The summed E-state index contributed by atoms with van der Waals surface area (Å²) in [6.45, 7) is 2.68. The summed E-state index contributed by atoms with van der Waals surface area (Å²) < 4.78 is 0. The monoisotopic (exact) mass is 743 g/mol. The average Bonchev–Trinajstić information content (AvgIpc) is 3.04. The number of hydrogen-bond donors (Lipinski definition) is 18. The molecule has 0 radical (unpaired) electrons. The smallest absolute Gasteiger partial charge is 0.243 e. The number of thiol groups is 1. The zero-order valence-electron chi connectivity index (χ0n) is 29.0. The average molecular weight is 744 g/mol. The SMILES string of the molecule is C[C@H](CCCNC(=N)N)C(=O)N[C@H](CCCNC(=N)N)C(=O)N[C@H](CCCNC(=N)N)C(=O)N[C@H](CCCNC(=N)N)C(=O)N[C@H](CS)C(N)=O. The predicted octanol–water partition coefficient (Wildman–Crippen LogP) is -4.97. The third-order valence-electron chi connectivity index (χ3n) is 7.27. The quantitative estimate of drug-likeness (QED) is 0.0171. The first-order valence-corrected chi connectivity index (χ1v) is 17.0. The molecule has 0 saturated heterocycles. The molecular weight excluding hydrogens is 686 g/mol. The Hall–Kier alpha value is -5.22. The Kier molecular flexibility index (Phi) is 23.1. The molecule has 0 aromatic rings. The van der Waals surface area contributed by atoms with Crippen molar-refractivity contribution in [1.29, 1.82) is 21.6 Å². The summed E-state index contributed by atoms with van der Waals surface area (Å²) in [4.78, 5) is 65.4. The molecule has 0 unspecified atom stereocenters. The van der Waals surface area contributed by atoms with Gasteiger partial charge in [0.25, 0.3) is 0 Å². The third-order valence-corrected chi connectivity index (χ3v) is 7.64. The highest BCUT2D eigenvalue weighted by Gasteiger charge is 2.31. The van der Waals surface area contributed by atoms with E-state index >= 15 is 0 Å². The number of carbonyl (C=O) groups is 5. The normalized spacial score (nSPS) is 13.5. The van der Waals surface area contributed by atoms with E-state index in [-0.39, 0.29) is 81.3 Å². The molecule has 0 spiro atoms. The van der Waals surface area contributed by atoms with Gasteiger partial charge in [-0.05, 0) is 51.4 Å². The number of nitrogens with one attached hydrogen (secondary N) is 12. The summed E-state index contributed by atoms with van der Waals surface area (Å²) in [5, 5.41) is 50.3. The number of carbonyl (C=O) groups excluding carboxylic acids is 5. The molecule has 51 heavy (non-hydrogen) atoms. The van der Waals surface area contributed by atoms with Crippen LogP contribution >= 0.6 is 12.6 Å². The molecule has 0 fully saturated rings. The van der Waals surface area contributed by atoms with Crippen molar-refractivity contribution in [3.63, 3.8) is 0 Å². The van der Waals surface area contributed by atoms with Crippen molar-refractivity contribution in [2.75, 3.05) is 31.9 Å². The molecule has 0 heterocycles. The van der Waals surface area contributed by atoms with Crippen LogP contribution in [0.15, 0.2) is 0 Å². The van der Waals surface area contributed by atoms with E-state index in [9.17, 15) is 24.0 Å². The van der Waals surface area contributed by atoms with Gasteiger partial charge >= 0.3 is 0 Å². The van der Waals surface area contributed by atoms with Crippen molar-refractivity contribution in [3.8, 4) is 0 Å². The highest BCUT2D eigenvalue weighted by atomic mass is 32.1.